The first-order valence-electron chi connectivity index (χ1n) is 6.73. The van der Waals surface area contributed by atoms with E-state index < -0.39 is 0 Å². The topological polar surface area (TPSA) is 70.2 Å². The fourth-order valence-corrected chi connectivity index (χ4v) is 2.41. The van der Waals surface area contributed by atoms with Crippen molar-refractivity contribution in [3.8, 4) is 0 Å². The molecule has 0 aromatic carbocycles. The fourth-order valence-electron chi connectivity index (χ4n) is 2.41. The molecule has 0 bridgehead atoms. The third kappa shape index (κ3) is 2.55. The average Bonchev–Trinajstić information content (AvgIpc) is 2.47. The van der Waals surface area contributed by atoms with Crippen molar-refractivity contribution < 1.29 is 4.79 Å². The lowest BCUT2D eigenvalue weighted by molar-refractivity contribution is -0.114. The molecule has 1 aliphatic heterocycles. The van der Waals surface area contributed by atoms with Crippen molar-refractivity contribution in [1.82, 2.24) is 15.3 Å². The van der Waals surface area contributed by atoms with Crippen LogP contribution in [0.15, 0.2) is 24.4 Å². The maximum atomic E-state index is 11.2. The molecule has 0 unspecified atom stereocenters. The number of amides is 1. The Morgan fingerprint density at radius 1 is 1.40 bits per heavy atom. The molecule has 3 heterocycles. The first kappa shape index (κ1) is 12.8. The van der Waals surface area contributed by atoms with Gasteiger partial charge in [-0.1, -0.05) is 6.07 Å². The summed E-state index contributed by atoms with van der Waals surface area (Å²) in [6, 6.07) is 5.73. The van der Waals surface area contributed by atoms with E-state index in [9.17, 15) is 4.79 Å². The van der Waals surface area contributed by atoms with Crippen LogP contribution in [0.3, 0.4) is 0 Å². The van der Waals surface area contributed by atoms with Gasteiger partial charge < -0.3 is 15.5 Å². The van der Waals surface area contributed by atoms with Crippen LogP contribution in [0.2, 0.25) is 0 Å². The van der Waals surface area contributed by atoms with Crippen LogP contribution in [-0.2, 0) is 4.79 Å². The first-order chi connectivity index (χ1) is 9.74. The Bertz CT molecular complexity index is 636. The number of carbonyl (C=O) groups is 1. The molecule has 2 N–H and O–H groups in total. The number of nitrogens with zero attached hydrogens (tertiary/aromatic N) is 3. The largest absolute Gasteiger partial charge is 0.352 e. The molecule has 1 amide bonds. The monoisotopic (exact) mass is 271 g/mol. The van der Waals surface area contributed by atoms with Crippen LogP contribution >= 0.6 is 0 Å². The molecule has 0 aliphatic carbocycles. The summed E-state index contributed by atoms with van der Waals surface area (Å²) in [6.07, 6.45) is 1.77. The van der Waals surface area contributed by atoms with Gasteiger partial charge in [-0.25, -0.2) is 4.98 Å². The molecule has 0 spiro atoms. The van der Waals surface area contributed by atoms with Crippen molar-refractivity contribution in [3.05, 3.63) is 24.4 Å². The second kappa shape index (κ2) is 5.42. The Labute approximate surface area is 117 Å². The molecule has 6 nitrogen and oxygen atoms in total. The molecule has 6 heteroatoms. The highest BCUT2D eigenvalue weighted by molar-refractivity contribution is 5.94. The Balaban J connectivity index is 2.08. The molecule has 2 aromatic rings. The maximum absolute atomic E-state index is 11.2. The summed E-state index contributed by atoms with van der Waals surface area (Å²) in [4.78, 5) is 22.5. The predicted molar refractivity (Wildman–Crippen MR) is 78.9 cm³/mol. The van der Waals surface area contributed by atoms with Gasteiger partial charge in [-0.3, -0.25) is 9.78 Å². The Morgan fingerprint density at radius 3 is 2.95 bits per heavy atom. The molecule has 3 rings (SSSR count). The van der Waals surface area contributed by atoms with Gasteiger partial charge in [0.1, 0.15) is 11.3 Å². The summed E-state index contributed by atoms with van der Waals surface area (Å²) in [5.41, 5.74) is 0.878. The number of aromatic nitrogens is 2. The van der Waals surface area contributed by atoms with Crippen LogP contribution < -0.4 is 15.5 Å². The molecule has 1 fully saturated rings. The molecule has 104 valence electrons. The Kier molecular flexibility index (Phi) is 3.47. The normalized spacial score (nSPS) is 15.3. The smallest absolute Gasteiger partial charge is 0.222 e. The van der Waals surface area contributed by atoms with Gasteiger partial charge in [0.25, 0.3) is 0 Å². The average molecular weight is 271 g/mol. The van der Waals surface area contributed by atoms with Gasteiger partial charge in [-0.2, -0.15) is 0 Å². The van der Waals surface area contributed by atoms with Crippen LogP contribution in [0, 0.1) is 0 Å². The minimum atomic E-state index is -0.119. The number of carbonyl (C=O) groups excluding carboxylic acids is 1. The van der Waals surface area contributed by atoms with Gasteiger partial charge in [0.05, 0.1) is 0 Å². The van der Waals surface area contributed by atoms with E-state index in [4.69, 9.17) is 0 Å². The van der Waals surface area contributed by atoms with E-state index in [-0.39, 0.29) is 5.91 Å². The standard InChI is InChI=1S/C14H17N5O/c1-10(20)17-12-9-11-3-2-4-16-13(11)14(18-12)19-7-5-15-6-8-19/h2-4,9,15H,5-8H2,1H3,(H,17,18,20). The van der Waals surface area contributed by atoms with Gasteiger partial charge >= 0.3 is 0 Å². The zero-order chi connectivity index (χ0) is 13.9. The highest BCUT2D eigenvalue weighted by Gasteiger charge is 2.17. The van der Waals surface area contributed by atoms with Crippen molar-refractivity contribution >= 4 is 28.4 Å². The quantitative estimate of drug-likeness (QED) is 0.852. The van der Waals surface area contributed by atoms with Gasteiger partial charge in [0, 0.05) is 44.7 Å². The lowest BCUT2D eigenvalue weighted by atomic mass is 10.2. The predicted octanol–water partition coefficient (Wildman–Crippen LogP) is 0.998. The van der Waals surface area contributed by atoms with Crippen molar-refractivity contribution in [3.63, 3.8) is 0 Å². The minimum Gasteiger partial charge on any atom is -0.352 e. The van der Waals surface area contributed by atoms with E-state index in [0.29, 0.717) is 5.82 Å². The maximum Gasteiger partial charge on any atom is 0.222 e. The zero-order valence-electron chi connectivity index (χ0n) is 11.4. The minimum absolute atomic E-state index is 0.119. The summed E-state index contributed by atoms with van der Waals surface area (Å²) in [6.45, 7) is 5.13. The SMILES string of the molecule is CC(=O)Nc1cc2cccnc2c(N2CCNCC2)n1. The third-order valence-corrected chi connectivity index (χ3v) is 3.29. The van der Waals surface area contributed by atoms with Gasteiger partial charge in [-0.05, 0) is 12.1 Å². The number of hydrogen-bond donors (Lipinski definition) is 2. The van der Waals surface area contributed by atoms with E-state index in [2.05, 4.69) is 25.5 Å². The van der Waals surface area contributed by atoms with E-state index in [1.54, 1.807) is 6.20 Å². The molecular formula is C14H17N5O. The first-order valence-corrected chi connectivity index (χ1v) is 6.73. The van der Waals surface area contributed by atoms with E-state index in [1.807, 2.05) is 18.2 Å². The number of rotatable bonds is 2. The second-order valence-corrected chi connectivity index (χ2v) is 4.82. The number of anilines is 2. The van der Waals surface area contributed by atoms with E-state index in [1.165, 1.54) is 6.92 Å². The van der Waals surface area contributed by atoms with Crippen LogP contribution in [-0.4, -0.2) is 42.1 Å². The van der Waals surface area contributed by atoms with Crippen molar-refractivity contribution in [1.29, 1.82) is 0 Å². The van der Waals surface area contributed by atoms with Crippen LogP contribution in [0.1, 0.15) is 6.92 Å². The highest BCUT2D eigenvalue weighted by Crippen LogP contribution is 2.26. The van der Waals surface area contributed by atoms with Crippen LogP contribution in [0.4, 0.5) is 11.6 Å². The lowest BCUT2D eigenvalue weighted by Crippen LogP contribution is -2.44. The number of pyridine rings is 2. The molecule has 1 saturated heterocycles. The number of nitrogens with one attached hydrogen (secondary N) is 2. The molecule has 0 saturated carbocycles. The Hall–Kier alpha value is -2.21. The zero-order valence-corrected chi connectivity index (χ0v) is 11.4. The molecule has 1 aliphatic rings. The van der Waals surface area contributed by atoms with Crippen molar-refractivity contribution in [2.75, 3.05) is 36.4 Å². The summed E-state index contributed by atoms with van der Waals surface area (Å²) in [7, 11) is 0. The van der Waals surface area contributed by atoms with Crippen LogP contribution in [0.5, 0.6) is 0 Å². The summed E-state index contributed by atoms with van der Waals surface area (Å²) in [5.74, 6) is 1.30. The van der Waals surface area contributed by atoms with E-state index in [0.717, 1.165) is 42.9 Å². The summed E-state index contributed by atoms with van der Waals surface area (Å²) < 4.78 is 0. The van der Waals surface area contributed by atoms with Crippen molar-refractivity contribution in [2.24, 2.45) is 0 Å². The van der Waals surface area contributed by atoms with Gasteiger partial charge in [-0.15, -0.1) is 0 Å². The third-order valence-electron chi connectivity index (χ3n) is 3.29. The summed E-state index contributed by atoms with van der Waals surface area (Å²) >= 11 is 0. The van der Waals surface area contributed by atoms with E-state index >= 15 is 0 Å². The highest BCUT2D eigenvalue weighted by atomic mass is 16.1. The molecule has 2 aromatic heterocycles. The Morgan fingerprint density at radius 2 is 2.20 bits per heavy atom. The number of hydrogen-bond acceptors (Lipinski definition) is 5. The number of fused-ring (bicyclic) bond motifs is 1. The van der Waals surface area contributed by atoms with Crippen molar-refractivity contribution in [2.45, 2.75) is 6.92 Å². The van der Waals surface area contributed by atoms with Crippen LogP contribution in [0.25, 0.3) is 10.9 Å². The molecular weight excluding hydrogens is 254 g/mol. The van der Waals surface area contributed by atoms with Gasteiger partial charge in [0.2, 0.25) is 5.91 Å². The lowest BCUT2D eigenvalue weighted by Gasteiger charge is -2.29. The molecule has 0 radical (unpaired) electrons. The summed E-state index contributed by atoms with van der Waals surface area (Å²) in [5, 5.41) is 7.06. The van der Waals surface area contributed by atoms with Gasteiger partial charge in [0.15, 0.2) is 5.82 Å². The molecule has 20 heavy (non-hydrogen) atoms. The second-order valence-electron chi connectivity index (χ2n) is 4.82. The number of piperazine rings is 1. The molecule has 0 atom stereocenters. The fraction of sp³-hybridized carbons (Fsp3) is 0.357.